The molecule has 2 aromatic rings. The van der Waals surface area contributed by atoms with E-state index in [-0.39, 0.29) is 0 Å². The maximum absolute atomic E-state index is 5.82. The highest BCUT2D eigenvalue weighted by Gasteiger charge is 2.30. The van der Waals surface area contributed by atoms with Gasteiger partial charge in [0.05, 0.1) is 0 Å². The molecule has 1 fully saturated rings. The van der Waals surface area contributed by atoms with Gasteiger partial charge >= 0.3 is 0 Å². The van der Waals surface area contributed by atoms with Gasteiger partial charge in [-0.25, -0.2) is 0 Å². The van der Waals surface area contributed by atoms with Crippen molar-refractivity contribution in [1.29, 1.82) is 0 Å². The van der Waals surface area contributed by atoms with E-state index in [1.807, 2.05) is 24.4 Å². The Bertz CT molecular complexity index is 490. The fraction of sp³-hybridized carbons (Fsp3) is 0.500. The molecule has 1 aliphatic carbocycles. The fourth-order valence-electron chi connectivity index (χ4n) is 2.77. The minimum atomic E-state index is 0.488. The predicted molar refractivity (Wildman–Crippen MR) is 62.1 cm³/mol. The van der Waals surface area contributed by atoms with Crippen molar-refractivity contribution in [3.8, 4) is 0 Å². The van der Waals surface area contributed by atoms with Gasteiger partial charge in [-0.2, -0.15) is 0 Å². The number of nitrogens with two attached hydrogens (primary N) is 1. The summed E-state index contributed by atoms with van der Waals surface area (Å²) in [5, 5.41) is 8.54. The van der Waals surface area contributed by atoms with Crippen LogP contribution in [0, 0.1) is 5.92 Å². The molecule has 3 rings (SSSR count). The molecular weight excluding hydrogens is 200 g/mol. The number of hydrogen-bond acceptors (Lipinski definition) is 3. The Morgan fingerprint density at radius 1 is 1.31 bits per heavy atom. The zero-order valence-electron chi connectivity index (χ0n) is 9.21. The van der Waals surface area contributed by atoms with Crippen LogP contribution in [0.3, 0.4) is 0 Å². The molecule has 0 aromatic carbocycles. The molecule has 4 nitrogen and oxygen atoms in total. The van der Waals surface area contributed by atoms with Gasteiger partial charge in [-0.1, -0.05) is 12.5 Å². The van der Waals surface area contributed by atoms with Gasteiger partial charge in [-0.3, -0.25) is 4.40 Å². The average Bonchev–Trinajstić information content (AvgIpc) is 2.94. The third kappa shape index (κ3) is 1.41. The minimum Gasteiger partial charge on any atom is -0.330 e. The summed E-state index contributed by atoms with van der Waals surface area (Å²) in [6.45, 7) is 0.756. The van der Waals surface area contributed by atoms with E-state index in [9.17, 15) is 0 Å². The fourth-order valence-corrected chi connectivity index (χ4v) is 2.77. The van der Waals surface area contributed by atoms with Crippen molar-refractivity contribution in [3.05, 3.63) is 30.2 Å². The van der Waals surface area contributed by atoms with E-state index in [4.69, 9.17) is 5.73 Å². The van der Waals surface area contributed by atoms with E-state index in [0.717, 1.165) is 18.0 Å². The van der Waals surface area contributed by atoms with E-state index >= 15 is 0 Å². The topological polar surface area (TPSA) is 56.2 Å². The lowest BCUT2D eigenvalue weighted by Gasteiger charge is -2.15. The first-order valence-corrected chi connectivity index (χ1v) is 5.90. The molecule has 1 saturated carbocycles. The Balaban J connectivity index is 2.05. The number of rotatable bonds is 2. The van der Waals surface area contributed by atoms with Crippen LogP contribution in [-0.4, -0.2) is 21.1 Å². The summed E-state index contributed by atoms with van der Waals surface area (Å²) >= 11 is 0. The van der Waals surface area contributed by atoms with Crippen molar-refractivity contribution >= 4 is 5.65 Å². The van der Waals surface area contributed by atoms with Crippen LogP contribution >= 0.6 is 0 Å². The van der Waals surface area contributed by atoms with Gasteiger partial charge in [-0.15, -0.1) is 10.2 Å². The molecule has 0 amide bonds. The van der Waals surface area contributed by atoms with Gasteiger partial charge in [0.2, 0.25) is 0 Å². The van der Waals surface area contributed by atoms with Gasteiger partial charge in [0.25, 0.3) is 0 Å². The van der Waals surface area contributed by atoms with E-state index in [1.54, 1.807) is 0 Å². The van der Waals surface area contributed by atoms with E-state index in [2.05, 4.69) is 14.6 Å². The summed E-state index contributed by atoms with van der Waals surface area (Å²) < 4.78 is 2.10. The second kappa shape index (κ2) is 3.87. The lowest BCUT2D eigenvalue weighted by molar-refractivity contribution is 0.474. The maximum atomic E-state index is 5.82. The van der Waals surface area contributed by atoms with Crippen molar-refractivity contribution in [1.82, 2.24) is 14.6 Å². The molecule has 2 heterocycles. The summed E-state index contributed by atoms with van der Waals surface area (Å²) in [5.41, 5.74) is 6.75. The standard InChI is InChI=1S/C12H16N4/c13-8-9-4-3-5-10(9)12-15-14-11-6-1-2-7-16(11)12/h1-2,6-7,9-10H,3-5,8,13H2. The number of nitrogens with zero attached hydrogens (tertiary/aromatic N) is 3. The van der Waals surface area contributed by atoms with E-state index < -0.39 is 0 Å². The predicted octanol–water partition coefficient (Wildman–Crippen LogP) is 1.57. The molecular formula is C12H16N4. The van der Waals surface area contributed by atoms with Crippen LogP contribution in [-0.2, 0) is 0 Å². The van der Waals surface area contributed by atoms with Crippen molar-refractivity contribution in [2.45, 2.75) is 25.2 Å². The Kier molecular flexibility index (Phi) is 2.36. The Morgan fingerprint density at radius 2 is 2.25 bits per heavy atom. The molecule has 2 aromatic heterocycles. The van der Waals surface area contributed by atoms with Crippen molar-refractivity contribution in [3.63, 3.8) is 0 Å². The molecule has 1 aliphatic rings. The highest BCUT2D eigenvalue weighted by Crippen LogP contribution is 2.38. The monoisotopic (exact) mass is 216 g/mol. The second-order valence-electron chi connectivity index (χ2n) is 4.52. The molecule has 0 bridgehead atoms. The lowest BCUT2D eigenvalue weighted by Crippen LogP contribution is -2.18. The summed E-state index contributed by atoms with van der Waals surface area (Å²) in [4.78, 5) is 0. The zero-order chi connectivity index (χ0) is 11.0. The summed E-state index contributed by atoms with van der Waals surface area (Å²) in [6.07, 6.45) is 5.71. The normalized spacial score (nSPS) is 25.3. The minimum absolute atomic E-state index is 0.488. The molecule has 0 radical (unpaired) electrons. The average molecular weight is 216 g/mol. The van der Waals surface area contributed by atoms with E-state index in [0.29, 0.717) is 11.8 Å². The Hall–Kier alpha value is -1.42. The third-order valence-corrected chi connectivity index (χ3v) is 3.63. The van der Waals surface area contributed by atoms with Crippen LogP contribution in [0.2, 0.25) is 0 Å². The quantitative estimate of drug-likeness (QED) is 0.829. The smallest absolute Gasteiger partial charge is 0.160 e. The maximum Gasteiger partial charge on any atom is 0.160 e. The molecule has 84 valence electrons. The number of aromatic nitrogens is 3. The van der Waals surface area contributed by atoms with Crippen molar-refractivity contribution < 1.29 is 0 Å². The zero-order valence-corrected chi connectivity index (χ0v) is 9.21. The first-order chi connectivity index (χ1) is 7.90. The van der Waals surface area contributed by atoms with Gasteiger partial charge in [0, 0.05) is 12.1 Å². The number of hydrogen-bond donors (Lipinski definition) is 1. The largest absolute Gasteiger partial charge is 0.330 e. The summed E-state index contributed by atoms with van der Waals surface area (Å²) in [6, 6.07) is 6.00. The molecule has 2 unspecified atom stereocenters. The number of fused-ring (bicyclic) bond motifs is 1. The molecule has 16 heavy (non-hydrogen) atoms. The molecule has 4 heteroatoms. The Labute approximate surface area is 94.5 Å². The molecule has 0 spiro atoms. The van der Waals surface area contributed by atoms with Crippen LogP contribution < -0.4 is 5.73 Å². The highest BCUT2D eigenvalue weighted by atomic mass is 15.2. The summed E-state index contributed by atoms with van der Waals surface area (Å²) in [7, 11) is 0. The first kappa shape index (κ1) is 9.78. The first-order valence-electron chi connectivity index (χ1n) is 5.90. The SMILES string of the molecule is NCC1CCCC1c1nnc2ccccn12. The number of pyridine rings is 1. The van der Waals surface area contributed by atoms with Crippen molar-refractivity contribution in [2.75, 3.05) is 6.54 Å². The second-order valence-corrected chi connectivity index (χ2v) is 4.52. The molecule has 2 atom stereocenters. The van der Waals surface area contributed by atoms with Crippen LogP contribution in [0.1, 0.15) is 31.0 Å². The lowest BCUT2D eigenvalue weighted by atomic mass is 9.95. The van der Waals surface area contributed by atoms with Crippen LogP contribution in [0.15, 0.2) is 24.4 Å². The van der Waals surface area contributed by atoms with Gasteiger partial charge in [0.15, 0.2) is 5.65 Å². The molecule has 0 saturated heterocycles. The van der Waals surface area contributed by atoms with Gasteiger partial charge < -0.3 is 5.73 Å². The van der Waals surface area contributed by atoms with Gasteiger partial charge in [0.1, 0.15) is 5.82 Å². The van der Waals surface area contributed by atoms with Crippen LogP contribution in [0.25, 0.3) is 5.65 Å². The van der Waals surface area contributed by atoms with Crippen LogP contribution in [0.5, 0.6) is 0 Å². The van der Waals surface area contributed by atoms with Crippen molar-refractivity contribution in [2.24, 2.45) is 11.7 Å². The molecule has 2 N–H and O–H groups in total. The Morgan fingerprint density at radius 3 is 3.12 bits per heavy atom. The van der Waals surface area contributed by atoms with Crippen LogP contribution in [0.4, 0.5) is 0 Å². The third-order valence-electron chi connectivity index (χ3n) is 3.63. The van der Waals surface area contributed by atoms with Gasteiger partial charge in [-0.05, 0) is 37.4 Å². The highest BCUT2D eigenvalue weighted by molar-refractivity contribution is 5.37. The molecule has 0 aliphatic heterocycles. The van der Waals surface area contributed by atoms with E-state index in [1.165, 1.54) is 19.3 Å². The summed E-state index contributed by atoms with van der Waals surface area (Å²) in [5.74, 6) is 2.15.